The highest BCUT2D eigenvalue weighted by molar-refractivity contribution is 5.95. The fourth-order valence-corrected chi connectivity index (χ4v) is 4.99. The number of pyridine rings is 1. The van der Waals surface area contributed by atoms with Gasteiger partial charge in [0.1, 0.15) is 11.6 Å². The first-order valence-corrected chi connectivity index (χ1v) is 10.5. The molecule has 0 bridgehead atoms. The molecule has 2 atom stereocenters. The van der Waals surface area contributed by atoms with Crippen LogP contribution in [0, 0.1) is 5.82 Å². The Morgan fingerprint density at radius 3 is 2.93 bits per heavy atom. The van der Waals surface area contributed by atoms with Crippen molar-refractivity contribution in [1.29, 1.82) is 0 Å². The summed E-state index contributed by atoms with van der Waals surface area (Å²) in [5, 5.41) is 3.39. The molecule has 1 aromatic heterocycles. The zero-order valence-corrected chi connectivity index (χ0v) is 17.0. The van der Waals surface area contributed by atoms with Gasteiger partial charge < -0.3 is 15.1 Å². The molecular weight excluding hydrogens is 383 g/mol. The lowest BCUT2D eigenvalue weighted by atomic mass is 9.89. The molecule has 4 heterocycles. The van der Waals surface area contributed by atoms with Crippen LogP contribution >= 0.6 is 0 Å². The van der Waals surface area contributed by atoms with E-state index in [2.05, 4.69) is 10.3 Å². The molecule has 0 aliphatic carbocycles. The van der Waals surface area contributed by atoms with Gasteiger partial charge in [-0.15, -0.1) is 0 Å². The first-order valence-electron chi connectivity index (χ1n) is 10.5. The van der Waals surface area contributed by atoms with E-state index in [1.807, 2.05) is 28.9 Å². The van der Waals surface area contributed by atoms with Crippen LogP contribution in [0.1, 0.15) is 47.7 Å². The second kappa shape index (κ2) is 7.07. The van der Waals surface area contributed by atoms with Crippen LogP contribution in [0.15, 0.2) is 36.5 Å². The van der Waals surface area contributed by atoms with E-state index in [1.165, 1.54) is 12.1 Å². The molecule has 156 valence electrons. The fraction of sp³-hybridized carbons (Fsp3) is 0.435. The van der Waals surface area contributed by atoms with Crippen LogP contribution < -0.4 is 5.32 Å². The molecule has 1 aromatic carbocycles. The number of carbonyl (C=O) groups is 2. The van der Waals surface area contributed by atoms with E-state index in [9.17, 15) is 14.0 Å². The normalized spacial score (nSPS) is 25.5. The summed E-state index contributed by atoms with van der Waals surface area (Å²) in [6.45, 7) is 4.06. The number of nitrogens with one attached hydrogen (secondary N) is 1. The van der Waals surface area contributed by atoms with E-state index in [1.54, 1.807) is 12.3 Å². The van der Waals surface area contributed by atoms with Gasteiger partial charge in [0.05, 0.1) is 17.1 Å². The molecule has 0 unspecified atom stereocenters. The molecule has 2 saturated heterocycles. The number of aromatic nitrogens is 1. The van der Waals surface area contributed by atoms with Gasteiger partial charge in [0.15, 0.2) is 0 Å². The average Bonchev–Trinajstić information content (AvgIpc) is 3.44. The Balaban J connectivity index is 1.32. The Labute approximate surface area is 175 Å². The lowest BCUT2D eigenvalue weighted by Gasteiger charge is -2.25. The van der Waals surface area contributed by atoms with Crippen molar-refractivity contribution in [3.8, 4) is 0 Å². The molecule has 5 rings (SSSR count). The van der Waals surface area contributed by atoms with Gasteiger partial charge in [0.25, 0.3) is 5.91 Å². The predicted octanol–water partition coefficient (Wildman–Crippen LogP) is 2.94. The zero-order chi connectivity index (χ0) is 20.9. The Kier molecular flexibility index (Phi) is 4.49. The molecule has 1 N–H and O–H groups in total. The molecule has 30 heavy (non-hydrogen) atoms. The van der Waals surface area contributed by atoms with Gasteiger partial charge in [-0.05, 0) is 49.1 Å². The van der Waals surface area contributed by atoms with Gasteiger partial charge in [-0.2, -0.15) is 0 Å². The third kappa shape index (κ3) is 3.22. The van der Waals surface area contributed by atoms with Crippen LogP contribution in [-0.4, -0.2) is 52.3 Å². The molecule has 3 aliphatic rings. The maximum Gasteiger partial charge on any atom is 0.255 e. The van der Waals surface area contributed by atoms with Crippen molar-refractivity contribution < 1.29 is 14.0 Å². The minimum absolute atomic E-state index is 0.0428. The molecule has 0 spiro atoms. The SMILES string of the molecule is C[C@@]1(c2cccc(F)c2)Cc2cc(C(=O)N3CC[C@H](N4CCCC4=O)C3)cnc2N1. The van der Waals surface area contributed by atoms with Gasteiger partial charge in [-0.3, -0.25) is 9.59 Å². The zero-order valence-electron chi connectivity index (χ0n) is 17.0. The number of fused-ring (bicyclic) bond motifs is 1. The third-order valence-electron chi connectivity index (χ3n) is 6.61. The number of halogens is 1. The van der Waals surface area contributed by atoms with Crippen LogP contribution in [0.4, 0.5) is 10.2 Å². The van der Waals surface area contributed by atoms with E-state index >= 15 is 0 Å². The second-order valence-electron chi connectivity index (χ2n) is 8.76. The summed E-state index contributed by atoms with van der Waals surface area (Å²) in [6, 6.07) is 8.61. The Hall–Kier alpha value is -2.96. The highest BCUT2D eigenvalue weighted by Gasteiger charge is 2.37. The first-order chi connectivity index (χ1) is 14.4. The van der Waals surface area contributed by atoms with Crippen molar-refractivity contribution in [3.63, 3.8) is 0 Å². The third-order valence-corrected chi connectivity index (χ3v) is 6.61. The molecule has 2 fully saturated rings. The maximum atomic E-state index is 13.7. The fourth-order valence-electron chi connectivity index (χ4n) is 4.99. The molecular formula is C23H25FN4O2. The van der Waals surface area contributed by atoms with Gasteiger partial charge in [-0.25, -0.2) is 9.37 Å². The van der Waals surface area contributed by atoms with E-state index in [4.69, 9.17) is 0 Å². The standard InChI is InChI=1S/C23H25FN4O2/c1-23(17-4-2-5-18(24)11-17)12-15-10-16(13-25-21(15)26-23)22(30)27-9-7-19(14-27)28-8-3-6-20(28)29/h2,4-5,10-11,13,19H,3,6-9,12,14H2,1H3,(H,25,26)/t19-,23-/m0/s1. The van der Waals surface area contributed by atoms with Crippen molar-refractivity contribution in [2.45, 2.75) is 44.2 Å². The molecule has 3 aliphatic heterocycles. The van der Waals surface area contributed by atoms with Crippen LogP contribution in [-0.2, 0) is 16.8 Å². The molecule has 2 aromatic rings. The monoisotopic (exact) mass is 408 g/mol. The predicted molar refractivity (Wildman–Crippen MR) is 111 cm³/mol. The highest BCUT2D eigenvalue weighted by atomic mass is 19.1. The van der Waals surface area contributed by atoms with Crippen molar-refractivity contribution >= 4 is 17.6 Å². The van der Waals surface area contributed by atoms with E-state index < -0.39 is 5.54 Å². The second-order valence-corrected chi connectivity index (χ2v) is 8.76. The number of benzene rings is 1. The average molecular weight is 408 g/mol. The highest BCUT2D eigenvalue weighted by Crippen LogP contribution is 2.38. The smallest absolute Gasteiger partial charge is 0.255 e. The summed E-state index contributed by atoms with van der Waals surface area (Å²) in [5.74, 6) is 0.630. The summed E-state index contributed by atoms with van der Waals surface area (Å²) < 4.78 is 13.7. The largest absolute Gasteiger partial charge is 0.360 e. The van der Waals surface area contributed by atoms with Crippen molar-refractivity contribution in [2.75, 3.05) is 25.0 Å². The van der Waals surface area contributed by atoms with Gasteiger partial charge in [0.2, 0.25) is 5.91 Å². The lowest BCUT2D eigenvalue weighted by molar-refractivity contribution is -0.129. The summed E-state index contributed by atoms with van der Waals surface area (Å²) in [5.41, 5.74) is 1.91. The van der Waals surface area contributed by atoms with Crippen molar-refractivity contribution in [2.24, 2.45) is 0 Å². The number of nitrogens with zero attached hydrogens (tertiary/aromatic N) is 3. The summed E-state index contributed by atoms with van der Waals surface area (Å²) in [6.07, 6.45) is 4.60. The minimum Gasteiger partial charge on any atom is -0.360 e. The van der Waals surface area contributed by atoms with Crippen molar-refractivity contribution in [1.82, 2.24) is 14.8 Å². The van der Waals surface area contributed by atoms with Gasteiger partial charge >= 0.3 is 0 Å². The van der Waals surface area contributed by atoms with Crippen LogP contribution in [0.5, 0.6) is 0 Å². The van der Waals surface area contributed by atoms with E-state index in [-0.39, 0.29) is 23.7 Å². The van der Waals surface area contributed by atoms with Gasteiger partial charge in [-0.1, -0.05) is 12.1 Å². The molecule has 2 amide bonds. The quantitative estimate of drug-likeness (QED) is 0.848. The number of likely N-dealkylation sites (tertiary alicyclic amines) is 2. The van der Waals surface area contributed by atoms with Crippen LogP contribution in [0.25, 0.3) is 0 Å². The number of hydrogen-bond donors (Lipinski definition) is 1. The number of hydrogen-bond acceptors (Lipinski definition) is 4. The maximum absolute atomic E-state index is 13.7. The Morgan fingerprint density at radius 1 is 1.30 bits per heavy atom. The number of amides is 2. The topological polar surface area (TPSA) is 65.5 Å². The number of anilines is 1. The van der Waals surface area contributed by atoms with E-state index in [0.29, 0.717) is 31.5 Å². The molecule has 7 heteroatoms. The molecule has 6 nitrogen and oxygen atoms in total. The Bertz CT molecular complexity index is 1030. The molecule has 0 radical (unpaired) electrons. The Morgan fingerprint density at radius 2 is 2.17 bits per heavy atom. The first kappa shape index (κ1) is 19.0. The molecule has 0 saturated carbocycles. The lowest BCUT2D eigenvalue weighted by Crippen LogP contribution is -2.39. The van der Waals surface area contributed by atoms with Gasteiger partial charge in [0, 0.05) is 38.7 Å². The van der Waals surface area contributed by atoms with Crippen LogP contribution in [0.3, 0.4) is 0 Å². The summed E-state index contributed by atoms with van der Waals surface area (Å²) in [4.78, 5) is 33.3. The van der Waals surface area contributed by atoms with Crippen molar-refractivity contribution in [3.05, 3.63) is 59.0 Å². The number of carbonyl (C=O) groups excluding carboxylic acids is 2. The number of rotatable bonds is 3. The van der Waals surface area contributed by atoms with E-state index in [0.717, 1.165) is 36.3 Å². The minimum atomic E-state index is -0.464. The summed E-state index contributed by atoms with van der Waals surface area (Å²) in [7, 11) is 0. The van der Waals surface area contributed by atoms with Crippen LogP contribution in [0.2, 0.25) is 0 Å². The summed E-state index contributed by atoms with van der Waals surface area (Å²) >= 11 is 0.